The van der Waals surface area contributed by atoms with Gasteiger partial charge < -0.3 is 11.1 Å². The van der Waals surface area contributed by atoms with Crippen LogP contribution in [0.4, 0.5) is 5.69 Å². The second kappa shape index (κ2) is 5.19. The minimum atomic E-state index is 0.546. The molecule has 0 aliphatic rings. The third kappa shape index (κ3) is 4.24. The predicted molar refractivity (Wildman–Crippen MR) is 64.0 cm³/mol. The molecule has 70 valence electrons. The highest BCUT2D eigenvalue weighted by Crippen LogP contribution is 2.13. The molecule has 13 heavy (non-hydrogen) atoms. The van der Waals surface area contributed by atoms with Crippen LogP contribution in [-0.2, 0) is 0 Å². The maximum Gasteiger partial charge on any atom is 0.0745 e. The van der Waals surface area contributed by atoms with Gasteiger partial charge in [0.15, 0.2) is 0 Å². The highest BCUT2D eigenvalue weighted by Gasteiger charge is 1.92. The number of thiocarbonyl (C=S) groups is 1. The van der Waals surface area contributed by atoms with Gasteiger partial charge in [-0.3, -0.25) is 0 Å². The van der Waals surface area contributed by atoms with E-state index in [1.807, 2.05) is 24.3 Å². The number of hydrogen-bond acceptors (Lipinski definition) is 2. The van der Waals surface area contributed by atoms with Crippen molar-refractivity contribution in [2.75, 3.05) is 11.9 Å². The molecule has 0 heterocycles. The zero-order chi connectivity index (χ0) is 9.68. The maximum atomic E-state index is 5.36. The van der Waals surface area contributed by atoms with E-state index in [4.69, 9.17) is 18.0 Å². The summed E-state index contributed by atoms with van der Waals surface area (Å²) in [7, 11) is 0. The summed E-state index contributed by atoms with van der Waals surface area (Å²) in [6.45, 7) is 0.789. The lowest BCUT2D eigenvalue weighted by Crippen LogP contribution is -2.13. The normalized spacial score (nSPS) is 9.62. The van der Waals surface area contributed by atoms with E-state index in [0.717, 1.165) is 23.1 Å². The van der Waals surface area contributed by atoms with E-state index in [1.165, 1.54) is 0 Å². The van der Waals surface area contributed by atoms with Crippen molar-refractivity contribution in [1.82, 2.24) is 0 Å². The van der Waals surface area contributed by atoms with E-state index in [1.54, 1.807) is 0 Å². The van der Waals surface area contributed by atoms with Gasteiger partial charge in [0, 0.05) is 23.1 Å². The van der Waals surface area contributed by atoms with Crippen molar-refractivity contribution in [1.29, 1.82) is 0 Å². The second-order valence-corrected chi connectivity index (χ2v) is 4.09. The molecule has 1 aromatic carbocycles. The van der Waals surface area contributed by atoms with Crippen LogP contribution in [0.5, 0.6) is 0 Å². The molecular formula is C9H11BrN2S. The molecule has 2 nitrogen and oxygen atoms in total. The van der Waals surface area contributed by atoms with Gasteiger partial charge in [-0.25, -0.2) is 0 Å². The van der Waals surface area contributed by atoms with Gasteiger partial charge >= 0.3 is 0 Å². The standard InChI is InChI=1S/C9H11BrN2S/c10-7-1-3-8(4-2-7)12-6-5-9(11)13/h1-4,12H,5-6H2,(H2,11,13). The van der Waals surface area contributed by atoms with Gasteiger partial charge in [0.2, 0.25) is 0 Å². The summed E-state index contributed by atoms with van der Waals surface area (Å²) < 4.78 is 1.08. The van der Waals surface area contributed by atoms with Gasteiger partial charge in [-0.15, -0.1) is 0 Å². The van der Waals surface area contributed by atoms with E-state index < -0.39 is 0 Å². The lowest BCUT2D eigenvalue weighted by atomic mass is 10.3. The van der Waals surface area contributed by atoms with Crippen molar-refractivity contribution in [3.63, 3.8) is 0 Å². The summed E-state index contributed by atoms with van der Waals surface area (Å²) in [4.78, 5) is 0.546. The van der Waals surface area contributed by atoms with Gasteiger partial charge in [0.1, 0.15) is 0 Å². The summed E-state index contributed by atoms with van der Waals surface area (Å²) in [6, 6.07) is 7.99. The Kier molecular flexibility index (Phi) is 4.18. The van der Waals surface area contributed by atoms with Crippen LogP contribution in [0.2, 0.25) is 0 Å². The van der Waals surface area contributed by atoms with Crippen LogP contribution < -0.4 is 11.1 Å². The number of halogens is 1. The molecule has 3 N–H and O–H groups in total. The first-order valence-electron chi connectivity index (χ1n) is 3.96. The first-order chi connectivity index (χ1) is 6.18. The first kappa shape index (κ1) is 10.5. The molecule has 0 saturated carbocycles. The van der Waals surface area contributed by atoms with Crippen LogP contribution in [0.15, 0.2) is 28.7 Å². The van der Waals surface area contributed by atoms with Gasteiger partial charge in [0.05, 0.1) is 4.99 Å². The summed E-state index contributed by atoms with van der Waals surface area (Å²) in [5.41, 5.74) is 6.45. The van der Waals surface area contributed by atoms with Crippen molar-refractivity contribution in [2.45, 2.75) is 6.42 Å². The van der Waals surface area contributed by atoms with Crippen molar-refractivity contribution in [3.8, 4) is 0 Å². The van der Waals surface area contributed by atoms with Crippen LogP contribution in [0.3, 0.4) is 0 Å². The van der Waals surface area contributed by atoms with E-state index in [9.17, 15) is 0 Å². The largest absolute Gasteiger partial charge is 0.393 e. The van der Waals surface area contributed by atoms with Crippen molar-refractivity contribution >= 4 is 38.8 Å². The molecular weight excluding hydrogens is 248 g/mol. The number of benzene rings is 1. The fourth-order valence-corrected chi connectivity index (χ4v) is 1.26. The molecule has 0 amide bonds. The molecule has 0 unspecified atom stereocenters. The number of nitrogens with two attached hydrogens (primary N) is 1. The molecule has 4 heteroatoms. The summed E-state index contributed by atoms with van der Waals surface area (Å²) in [5, 5.41) is 3.21. The molecule has 0 saturated heterocycles. The second-order valence-electron chi connectivity index (χ2n) is 2.65. The molecule has 0 spiro atoms. The quantitative estimate of drug-likeness (QED) is 0.816. The number of anilines is 1. The van der Waals surface area contributed by atoms with Crippen LogP contribution in [0.25, 0.3) is 0 Å². The third-order valence-corrected chi connectivity index (χ3v) is 2.28. The van der Waals surface area contributed by atoms with Gasteiger partial charge in [-0.1, -0.05) is 28.1 Å². The molecule has 1 rings (SSSR count). The summed E-state index contributed by atoms with van der Waals surface area (Å²) in [6.07, 6.45) is 0.728. The predicted octanol–water partition coefficient (Wildman–Crippen LogP) is 2.54. The van der Waals surface area contributed by atoms with Gasteiger partial charge in [-0.2, -0.15) is 0 Å². The average Bonchev–Trinajstić information content (AvgIpc) is 2.08. The van der Waals surface area contributed by atoms with Crippen LogP contribution in [-0.4, -0.2) is 11.5 Å². The Hall–Kier alpha value is -0.610. The van der Waals surface area contributed by atoms with Crippen LogP contribution in [0.1, 0.15) is 6.42 Å². The third-order valence-electron chi connectivity index (χ3n) is 1.54. The molecule has 1 aromatic rings. The van der Waals surface area contributed by atoms with Crippen molar-refractivity contribution in [3.05, 3.63) is 28.7 Å². The minimum Gasteiger partial charge on any atom is -0.393 e. The van der Waals surface area contributed by atoms with Crippen LogP contribution >= 0.6 is 28.1 Å². The van der Waals surface area contributed by atoms with E-state index in [0.29, 0.717) is 4.99 Å². The highest BCUT2D eigenvalue weighted by atomic mass is 79.9. The molecule has 0 aliphatic carbocycles. The van der Waals surface area contributed by atoms with Crippen molar-refractivity contribution in [2.24, 2.45) is 5.73 Å². The highest BCUT2D eigenvalue weighted by molar-refractivity contribution is 9.10. The fraction of sp³-hybridized carbons (Fsp3) is 0.222. The van der Waals surface area contributed by atoms with Gasteiger partial charge in [0.25, 0.3) is 0 Å². The summed E-state index contributed by atoms with van der Waals surface area (Å²) in [5.74, 6) is 0. The lowest BCUT2D eigenvalue weighted by Gasteiger charge is -2.04. The number of nitrogens with one attached hydrogen (secondary N) is 1. The Morgan fingerprint density at radius 2 is 2.00 bits per heavy atom. The zero-order valence-corrected chi connectivity index (χ0v) is 9.49. The molecule has 0 radical (unpaired) electrons. The van der Waals surface area contributed by atoms with Crippen molar-refractivity contribution < 1.29 is 0 Å². The molecule has 0 bridgehead atoms. The van der Waals surface area contributed by atoms with E-state index in [2.05, 4.69) is 21.2 Å². The maximum absolute atomic E-state index is 5.36. The van der Waals surface area contributed by atoms with Crippen LogP contribution in [0, 0.1) is 0 Å². The molecule has 0 aliphatic heterocycles. The van der Waals surface area contributed by atoms with E-state index >= 15 is 0 Å². The zero-order valence-electron chi connectivity index (χ0n) is 7.09. The minimum absolute atomic E-state index is 0.546. The smallest absolute Gasteiger partial charge is 0.0745 e. The Morgan fingerprint density at radius 1 is 1.38 bits per heavy atom. The number of hydrogen-bond donors (Lipinski definition) is 2. The molecule has 0 aromatic heterocycles. The monoisotopic (exact) mass is 258 g/mol. The Balaban J connectivity index is 2.37. The van der Waals surface area contributed by atoms with Gasteiger partial charge in [-0.05, 0) is 24.3 Å². The Morgan fingerprint density at radius 3 is 2.54 bits per heavy atom. The Labute approximate surface area is 91.6 Å². The topological polar surface area (TPSA) is 38.0 Å². The Bertz CT molecular complexity index is 284. The summed E-state index contributed by atoms with van der Waals surface area (Å²) >= 11 is 8.13. The molecule has 0 fully saturated rings. The SMILES string of the molecule is NC(=S)CCNc1ccc(Br)cc1. The lowest BCUT2D eigenvalue weighted by molar-refractivity contribution is 1.11. The van der Waals surface area contributed by atoms with E-state index in [-0.39, 0.29) is 0 Å². The average molecular weight is 259 g/mol. The number of rotatable bonds is 4. The molecule has 0 atom stereocenters. The first-order valence-corrected chi connectivity index (χ1v) is 5.16. The fourth-order valence-electron chi connectivity index (χ4n) is 0.898.